The predicted octanol–water partition coefficient (Wildman–Crippen LogP) is 3.23. The molecule has 27 heavy (non-hydrogen) atoms. The summed E-state index contributed by atoms with van der Waals surface area (Å²) in [4.78, 5) is 32.0. The number of fused-ring (bicyclic) bond motifs is 2. The van der Waals surface area contributed by atoms with E-state index in [0.29, 0.717) is 28.1 Å². The summed E-state index contributed by atoms with van der Waals surface area (Å²) in [5.74, 6) is 0.465. The lowest BCUT2D eigenvalue weighted by molar-refractivity contribution is 0.0969. The first-order valence-corrected chi connectivity index (χ1v) is 8.37. The van der Waals surface area contributed by atoms with E-state index >= 15 is 0 Å². The van der Waals surface area contributed by atoms with Gasteiger partial charge in [0.15, 0.2) is 11.2 Å². The second kappa shape index (κ2) is 5.63. The second-order valence-electron chi connectivity index (χ2n) is 6.33. The molecule has 1 atom stereocenters. The van der Waals surface area contributed by atoms with Gasteiger partial charge in [-0.1, -0.05) is 23.4 Å². The number of rotatable bonds is 2. The highest BCUT2D eigenvalue weighted by Crippen LogP contribution is 2.40. The van der Waals surface area contributed by atoms with Crippen LogP contribution in [0.2, 0.25) is 0 Å². The van der Waals surface area contributed by atoms with E-state index < -0.39 is 11.9 Å². The van der Waals surface area contributed by atoms with Gasteiger partial charge in [0, 0.05) is 18.5 Å². The quantitative estimate of drug-likeness (QED) is 0.546. The average Bonchev–Trinajstić information content (AvgIpc) is 3.24. The lowest BCUT2D eigenvalue weighted by Crippen LogP contribution is -2.29. The van der Waals surface area contributed by atoms with Crippen molar-refractivity contribution in [2.45, 2.75) is 13.0 Å². The zero-order chi connectivity index (χ0) is 18.5. The van der Waals surface area contributed by atoms with Gasteiger partial charge in [0.05, 0.1) is 17.0 Å². The van der Waals surface area contributed by atoms with E-state index in [1.165, 1.54) is 4.90 Å². The highest BCUT2D eigenvalue weighted by Gasteiger charge is 2.44. The predicted molar refractivity (Wildman–Crippen MR) is 96.6 cm³/mol. The molecule has 0 saturated carbocycles. The summed E-state index contributed by atoms with van der Waals surface area (Å²) in [6, 6.07) is 11.4. The third-order valence-electron chi connectivity index (χ3n) is 4.64. The van der Waals surface area contributed by atoms with E-state index in [1.807, 2.05) is 6.07 Å². The van der Waals surface area contributed by atoms with Gasteiger partial charge in [0.1, 0.15) is 11.3 Å². The lowest BCUT2D eigenvalue weighted by Gasteiger charge is -2.21. The van der Waals surface area contributed by atoms with Crippen LogP contribution in [0.5, 0.6) is 0 Å². The molecule has 4 aromatic rings. The highest BCUT2D eigenvalue weighted by molar-refractivity contribution is 6.10. The zero-order valence-corrected chi connectivity index (χ0v) is 14.2. The Morgan fingerprint density at radius 1 is 1.11 bits per heavy atom. The Labute approximate surface area is 152 Å². The van der Waals surface area contributed by atoms with Gasteiger partial charge in [-0.2, -0.15) is 0 Å². The minimum absolute atomic E-state index is 0.0215. The zero-order valence-electron chi connectivity index (χ0n) is 14.2. The molecule has 1 aliphatic rings. The van der Waals surface area contributed by atoms with Crippen LogP contribution in [0.4, 0.5) is 5.82 Å². The molecular weight excluding hydrogens is 346 g/mol. The average molecular weight is 359 g/mol. The third kappa shape index (κ3) is 2.21. The van der Waals surface area contributed by atoms with Crippen molar-refractivity contribution < 1.29 is 13.7 Å². The SMILES string of the molecule is Cc1cc(N2C(=O)c3oc4ccccc4c(=O)c3[C@@H]2c2cccnc2)no1. The van der Waals surface area contributed by atoms with Gasteiger partial charge < -0.3 is 8.94 Å². The molecule has 1 amide bonds. The number of hydrogen-bond acceptors (Lipinski definition) is 6. The topological polar surface area (TPSA) is 89.4 Å². The van der Waals surface area contributed by atoms with E-state index in [0.717, 1.165) is 0 Å². The monoisotopic (exact) mass is 359 g/mol. The van der Waals surface area contributed by atoms with Crippen LogP contribution in [0.1, 0.15) is 33.5 Å². The van der Waals surface area contributed by atoms with Gasteiger partial charge in [-0.3, -0.25) is 19.5 Å². The Morgan fingerprint density at radius 3 is 2.70 bits per heavy atom. The van der Waals surface area contributed by atoms with Crippen molar-refractivity contribution in [3.8, 4) is 0 Å². The molecule has 0 aliphatic carbocycles. The number of para-hydroxylation sites is 1. The standard InChI is InChI=1S/C20H13N3O4/c1-11-9-15(22-27-11)23-17(12-5-4-8-21-10-12)16-18(24)13-6-2-3-7-14(13)26-19(16)20(23)25/h2-10,17H,1H3/t17-/m0/s1. The van der Waals surface area contributed by atoms with Crippen LogP contribution in [0.15, 0.2) is 68.6 Å². The maximum absolute atomic E-state index is 13.2. The lowest BCUT2D eigenvalue weighted by atomic mass is 10.00. The smallest absolute Gasteiger partial charge is 0.296 e. The largest absolute Gasteiger partial charge is 0.450 e. The fourth-order valence-corrected chi connectivity index (χ4v) is 3.48. The van der Waals surface area contributed by atoms with Crippen molar-refractivity contribution >= 4 is 22.7 Å². The molecule has 5 rings (SSSR count). The van der Waals surface area contributed by atoms with Gasteiger partial charge in [-0.05, 0) is 30.7 Å². The van der Waals surface area contributed by atoms with Crippen LogP contribution in [0.25, 0.3) is 11.0 Å². The van der Waals surface area contributed by atoms with Crippen molar-refractivity contribution in [2.75, 3.05) is 4.90 Å². The number of carbonyl (C=O) groups excluding carboxylic acids is 1. The van der Waals surface area contributed by atoms with Crippen LogP contribution in [-0.2, 0) is 0 Å². The van der Waals surface area contributed by atoms with E-state index in [4.69, 9.17) is 8.94 Å². The van der Waals surface area contributed by atoms with Gasteiger partial charge in [-0.15, -0.1) is 0 Å². The minimum Gasteiger partial charge on any atom is -0.450 e. The van der Waals surface area contributed by atoms with E-state index in [1.54, 1.807) is 55.7 Å². The summed E-state index contributed by atoms with van der Waals surface area (Å²) in [5, 5.41) is 4.40. The first-order chi connectivity index (χ1) is 13.1. The molecule has 0 spiro atoms. The Bertz CT molecular complexity index is 1240. The molecule has 3 aromatic heterocycles. The summed E-state index contributed by atoms with van der Waals surface area (Å²) >= 11 is 0. The van der Waals surface area contributed by atoms with Crippen molar-refractivity contribution in [1.29, 1.82) is 0 Å². The third-order valence-corrected chi connectivity index (χ3v) is 4.64. The number of aryl methyl sites for hydroxylation is 1. The van der Waals surface area contributed by atoms with Gasteiger partial charge in [0.2, 0.25) is 5.76 Å². The first-order valence-electron chi connectivity index (χ1n) is 8.37. The maximum Gasteiger partial charge on any atom is 0.296 e. The number of amides is 1. The molecule has 0 N–H and O–H groups in total. The fraction of sp³-hybridized carbons (Fsp3) is 0.100. The first kappa shape index (κ1) is 15.5. The number of carbonyl (C=O) groups is 1. The summed E-state index contributed by atoms with van der Waals surface area (Å²) in [6.07, 6.45) is 3.26. The molecule has 0 bridgehead atoms. The summed E-state index contributed by atoms with van der Waals surface area (Å²) < 4.78 is 11.0. The molecule has 0 unspecified atom stereocenters. The number of anilines is 1. The highest BCUT2D eigenvalue weighted by atomic mass is 16.5. The fourth-order valence-electron chi connectivity index (χ4n) is 3.48. The van der Waals surface area contributed by atoms with Crippen molar-refractivity contribution in [1.82, 2.24) is 10.1 Å². The van der Waals surface area contributed by atoms with Crippen LogP contribution < -0.4 is 10.3 Å². The maximum atomic E-state index is 13.2. The molecule has 4 heterocycles. The number of benzene rings is 1. The van der Waals surface area contributed by atoms with Gasteiger partial charge >= 0.3 is 0 Å². The number of pyridine rings is 1. The number of hydrogen-bond donors (Lipinski definition) is 0. The van der Waals surface area contributed by atoms with Crippen molar-refractivity contribution in [3.63, 3.8) is 0 Å². The van der Waals surface area contributed by atoms with E-state index in [9.17, 15) is 9.59 Å². The molecule has 1 aliphatic heterocycles. The summed E-state index contributed by atoms with van der Waals surface area (Å²) in [7, 11) is 0. The van der Waals surface area contributed by atoms with E-state index in [2.05, 4.69) is 10.1 Å². The van der Waals surface area contributed by atoms with Crippen LogP contribution in [-0.4, -0.2) is 16.0 Å². The minimum atomic E-state index is -0.688. The van der Waals surface area contributed by atoms with Crippen LogP contribution in [0, 0.1) is 6.92 Å². The Morgan fingerprint density at radius 2 is 1.96 bits per heavy atom. The normalized spacial score (nSPS) is 16.1. The molecule has 0 saturated heterocycles. The summed E-state index contributed by atoms with van der Waals surface area (Å²) in [5.41, 5.74) is 1.11. The van der Waals surface area contributed by atoms with Gasteiger partial charge in [-0.25, -0.2) is 0 Å². The van der Waals surface area contributed by atoms with Crippen molar-refractivity contribution in [3.05, 3.63) is 87.7 Å². The van der Waals surface area contributed by atoms with Crippen LogP contribution in [0.3, 0.4) is 0 Å². The number of aromatic nitrogens is 2. The Balaban J connectivity index is 1.84. The van der Waals surface area contributed by atoms with Gasteiger partial charge in [0.25, 0.3) is 5.91 Å². The molecule has 0 radical (unpaired) electrons. The molecule has 7 heteroatoms. The Kier molecular flexibility index (Phi) is 3.24. The van der Waals surface area contributed by atoms with Crippen LogP contribution >= 0.6 is 0 Å². The molecule has 1 aromatic carbocycles. The molecular formula is C20H13N3O4. The molecule has 7 nitrogen and oxygen atoms in total. The second-order valence-corrected chi connectivity index (χ2v) is 6.33. The van der Waals surface area contributed by atoms with Crippen molar-refractivity contribution in [2.24, 2.45) is 0 Å². The Hall–Kier alpha value is -3.74. The van der Waals surface area contributed by atoms with E-state index in [-0.39, 0.29) is 16.8 Å². The molecule has 132 valence electrons. The molecule has 0 fully saturated rings. The summed E-state index contributed by atoms with van der Waals surface area (Å²) in [6.45, 7) is 1.74. The number of nitrogens with zero attached hydrogens (tertiary/aromatic N) is 3.